The van der Waals surface area contributed by atoms with E-state index in [1.54, 1.807) is 0 Å². The van der Waals surface area contributed by atoms with E-state index in [1.807, 2.05) is 11.0 Å². The fourth-order valence-corrected chi connectivity index (χ4v) is 5.04. The minimum Gasteiger partial charge on any atom is -0.453 e. The number of hydrogen-bond donors (Lipinski definition) is 0. The van der Waals surface area contributed by atoms with E-state index < -0.39 is 0 Å². The van der Waals surface area contributed by atoms with Gasteiger partial charge >= 0.3 is 6.09 Å². The maximum atomic E-state index is 12.9. The van der Waals surface area contributed by atoms with E-state index in [4.69, 9.17) is 4.74 Å². The van der Waals surface area contributed by atoms with Gasteiger partial charge in [-0.25, -0.2) is 4.79 Å². The van der Waals surface area contributed by atoms with Crippen LogP contribution in [-0.4, -0.2) is 35.5 Å². The molecule has 0 N–H and O–H groups in total. The topological polar surface area (TPSA) is 46.6 Å². The lowest BCUT2D eigenvalue weighted by atomic mass is 9.63. The number of amides is 1. The van der Waals surface area contributed by atoms with Crippen molar-refractivity contribution in [2.24, 2.45) is 5.92 Å². The van der Waals surface area contributed by atoms with Gasteiger partial charge in [0.1, 0.15) is 5.78 Å². The maximum Gasteiger partial charge on any atom is 0.410 e. The van der Waals surface area contributed by atoms with Crippen LogP contribution in [0.2, 0.25) is 0 Å². The molecule has 1 heterocycles. The van der Waals surface area contributed by atoms with Crippen molar-refractivity contribution in [2.45, 2.75) is 95.6 Å². The van der Waals surface area contributed by atoms with Crippen molar-refractivity contribution in [1.82, 2.24) is 4.90 Å². The van der Waals surface area contributed by atoms with E-state index in [2.05, 4.69) is 13.5 Å². The summed E-state index contributed by atoms with van der Waals surface area (Å²) in [5.41, 5.74) is -0.357. The number of hydrogen-bond acceptors (Lipinski definition) is 3. The average molecular weight is 350 g/mol. The molecule has 0 unspecified atom stereocenters. The molecule has 1 aliphatic carbocycles. The molecule has 1 aliphatic heterocycles. The number of Topliss-reactive ketones (excluding diaryl/α,β-unsaturated/α-hetero) is 1. The van der Waals surface area contributed by atoms with Gasteiger partial charge in [-0.2, -0.15) is 0 Å². The predicted molar refractivity (Wildman–Crippen MR) is 101 cm³/mol. The van der Waals surface area contributed by atoms with Gasteiger partial charge in [-0.15, -0.1) is 6.58 Å². The first-order valence-corrected chi connectivity index (χ1v) is 10.1. The van der Waals surface area contributed by atoms with Gasteiger partial charge in [0.25, 0.3) is 0 Å². The van der Waals surface area contributed by atoms with Crippen LogP contribution in [0.4, 0.5) is 4.79 Å². The fraction of sp³-hybridized carbons (Fsp3) is 0.810. The second-order valence-corrected chi connectivity index (χ2v) is 7.74. The van der Waals surface area contributed by atoms with Gasteiger partial charge in [0.15, 0.2) is 0 Å². The molecule has 2 rings (SSSR count). The van der Waals surface area contributed by atoms with Gasteiger partial charge in [0.05, 0.1) is 12.6 Å². The van der Waals surface area contributed by atoms with Crippen molar-refractivity contribution >= 4 is 11.9 Å². The van der Waals surface area contributed by atoms with E-state index in [0.29, 0.717) is 12.2 Å². The summed E-state index contributed by atoms with van der Waals surface area (Å²) in [5, 5.41) is 0. The largest absolute Gasteiger partial charge is 0.453 e. The lowest BCUT2D eigenvalue weighted by Gasteiger charge is -2.56. The molecule has 1 saturated heterocycles. The van der Waals surface area contributed by atoms with Gasteiger partial charge in [-0.1, -0.05) is 51.5 Å². The number of carbonyl (C=O) groups excluding carboxylic acids is 2. The molecule has 2 fully saturated rings. The highest BCUT2D eigenvalue weighted by Gasteiger charge is 2.55. The van der Waals surface area contributed by atoms with Crippen molar-refractivity contribution in [2.75, 3.05) is 7.11 Å². The summed E-state index contributed by atoms with van der Waals surface area (Å²) in [7, 11) is 1.46. The van der Waals surface area contributed by atoms with E-state index in [-0.39, 0.29) is 23.6 Å². The smallest absolute Gasteiger partial charge is 0.410 e. The van der Waals surface area contributed by atoms with Crippen LogP contribution in [0.5, 0.6) is 0 Å². The van der Waals surface area contributed by atoms with Crippen LogP contribution in [0.1, 0.15) is 84.0 Å². The van der Waals surface area contributed by atoms with Gasteiger partial charge < -0.3 is 4.74 Å². The zero-order valence-corrected chi connectivity index (χ0v) is 16.1. The molecule has 0 aromatic rings. The summed E-state index contributed by atoms with van der Waals surface area (Å²) in [6.07, 6.45) is 13.4. The molecule has 0 aromatic carbocycles. The molecule has 3 atom stereocenters. The summed E-state index contributed by atoms with van der Waals surface area (Å²) in [6.45, 7) is 6.05. The number of likely N-dealkylation sites (tertiary alicyclic amines) is 1. The van der Waals surface area contributed by atoms with Crippen LogP contribution in [0.15, 0.2) is 12.7 Å². The van der Waals surface area contributed by atoms with E-state index in [1.165, 1.54) is 26.4 Å². The molecule has 0 radical (unpaired) electrons. The van der Waals surface area contributed by atoms with Crippen molar-refractivity contribution in [1.29, 1.82) is 0 Å². The highest BCUT2D eigenvalue weighted by Crippen LogP contribution is 2.48. The first-order valence-electron chi connectivity index (χ1n) is 10.1. The molecular formula is C21H35NO3. The van der Waals surface area contributed by atoms with E-state index in [9.17, 15) is 9.59 Å². The molecule has 25 heavy (non-hydrogen) atoms. The number of ketones is 1. The minimum atomic E-state index is -0.357. The quantitative estimate of drug-likeness (QED) is 0.443. The normalized spacial score (nSPS) is 29.2. The molecule has 1 saturated carbocycles. The van der Waals surface area contributed by atoms with Crippen molar-refractivity contribution < 1.29 is 14.3 Å². The fourth-order valence-electron chi connectivity index (χ4n) is 5.04. The maximum absolute atomic E-state index is 12.9. The zero-order chi connectivity index (χ0) is 18.3. The van der Waals surface area contributed by atoms with Gasteiger partial charge in [-0.05, 0) is 32.1 Å². The Kier molecular flexibility index (Phi) is 7.52. The third-order valence-corrected chi connectivity index (χ3v) is 6.22. The van der Waals surface area contributed by atoms with Crippen LogP contribution in [0.3, 0.4) is 0 Å². The Bertz CT molecular complexity index is 476. The molecule has 0 spiro atoms. The van der Waals surface area contributed by atoms with Crippen molar-refractivity contribution in [3.8, 4) is 0 Å². The SMILES string of the molecule is C=CCC[C@]12CCCC[C@@H]1C(=O)C[C@H](CCCCCC)N2C(=O)OC. The second-order valence-electron chi connectivity index (χ2n) is 7.74. The Hall–Kier alpha value is -1.32. The molecular weight excluding hydrogens is 314 g/mol. The number of rotatable bonds is 8. The summed E-state index contributed by atoms with van der Waals surface area (Å²) >= 11 is 0. The lowest BCUT2D eigenvalue weighted by Crippen LogP contribution is -2.66. The zero-order valence-electron chi connectivity index (χ0n) is 16.1. The first kappa shape index (κ1) is 20.0. The van der Waals surface area contributed by atoms with Crippen LogP contribution < -0.4 is 0 Å². The molecule has 4 nitrogen and oxygen atoms in total. The Morgan fingerprint density at radius 2 is 2.16 bits per heavy atom. The number of unbranched alkanes of at least 4 members (excludes halogenated alkanes) is 3. The summed E-state index contributed by atoms with van der Waals surface area (Å²) in [4.78, 5) is 27.7. The number of nitrogens with zero attached hydrogens (tertiary/aromatic N) is 1. The summed E-state index contributed by atoms with van der Waals surface area (Å²) in [6, 6.07) is -0.00373. The van der Waals surface area contributed by atoms with Crippen LogP contribution in [-0.2, 0) is 9.53 Å². The van der Waals surface area contributed by atoms with Gasteiger partial charge in [-0.3, -0.25) is 9.69 Å². The van der Waals surface area contributed by atoms with Gasteiger partial charge in [0, 0.05) is 18.4 Å². The highest BCUT2D eigenvalue weighted by atomic mass is 16.5. The Morgan fingerprint density at radius 3 is 2.84 bits per heavy atom. The van der Waals surface area contributed by atoms with Crippen LogP contribution >= 0.6 is 0 Å². The lowest BCUT2D eigenvalue weighted by molar-refractivity contribution is -0.142. The number of fused-ring (bicyclic) bond motifs is 1. The van der Waals surface area contributed by atoms with Gasteiger partial charge in [0.2, 0.25) is 0 Å². The molecule has 1 amide bonds. The Morgan fingerprint density at radius 1 is 1.36 bits per heavy atom. The minimum absolute atomic E-state index is 0.00373. The third kappa shape index (κ3) is 4.27. The Labute approximate surface area is 153 Å². The average Bonchev–Trinajstić information content (AvgIpc) is 2.63. The first-order chi connectivity index (χ1) is 12.1. The summed E-state index contributed by atoms with van der Waals surface area (Å²) in [5.74, 6) is 0.344. The predicted octanol–water partition coefficient (Wildman–Crippen LogP) is 5.26. The second kappa shape index (κ2) is 9.40. The number of allylic oxidation sites excluding steroid dienone is 1. The van der Waals surface area contributed by atoms with E-state index in [0.717, 1.165) is 51.4 Å². The monoisotopic (exact) mass is 349 g/mol. The van der Waals surface area contributed by atoms with Crippen molar-refractivity contribution in [3.63, 3.8) is 0 Å². The van der Waals surface area contributed by atoms with E-state index >= 15 is 0 Å². The molecule has 142 valence electrons. The molecule has 0 bridgehead atoms. The third-order valence-electron chi connectivity index (χ3n) is 6.22. The van der Waals surface area contributed by atoms with Crippen LogP contribution in [0.25, 0.3) is 0 Å². The number of methoxy groups -OCH3 is 1. The number of piperidine rings is 1. The molecule has 2 aliphatic rings. The standard InChI is InChI=1S/C21H35NO3/c1-4-6-8-9-12-17-16-19(23)18-13-10-11-15-21(18,14-7-5-2)22(17)20(24)25-3/h5,17-18H,2,4,6-16H2,1,3H3/t17-,18+,21-/m0/s1. The van der Waals surface area contributed by atoms with Crippen LogP contribution in [0, 0.1) is 5.92 Å². The number of ether oxygens (including phenoxy) is 1. The Balaban J connectivity index is 2.29. The van der Waals surface area contributed by atoms with Crippen molar-refractivity contribution in [3.05, 3.63) is 12.7 Å². The molecule has 4 heteroatoms. The molecule has 0 aromatic heterocycles. The highest BCUT2D eigenvalue weighted by molar-refractivity contribution is 5.86. The number of carbonyl (C=O) groups is 2. The summed E-state index contributed by atoms with van der Waals surface area (Å²) < 4.78 is 5.19.